The molecular weight excluding hydrogens is 582 g/mol. The van der Waals surface area contributed by atoms with Crippen molar-refractivity contribution in [1.82, 2.24) is 5.32 Å². The Balaban J connectivity index is 3.98. The molecule has 0 saturated heterocycles. The maximum Gasteiger partial charge on any atom is 0.267 e. The van der Waals surface area contributed by atoms with E-state index in [-0.39, 0.29) is 12.3 Å². The molecule has 0 aliphatic rings. The lowest BCUT2D eigenvalue weighted by Crippen LogP contribution is -2.46. The lowest BCUT2D eigenvalue weighted by Gasteiger charge is -2.21. The molecule has 0 aromatic heterocycles. The van der Waals surface area contributed by atoms with Gasteiger partial charge in [-0.25, -0.2) is 0 Å². The van der Waals surface area contributed by atoms with E-state index in [2.05, 4.69) is 31.3 Å². The molecule has 1 amide bonds. The molecule has 2 atom stereocenters. The highest BCUT2D eigenvalue weighted by atomic mass is 32.2. The number of nitrogens with one attached hydrogen (secondary N) is 1. The van der Waals surface area contributed by atoms with Crippen LogP contribution in [0.25, 0.3) is 0 Å². The highest BCUT2D eigenvalue weighted by molar-refractivity contribution is 7.85. The van der Waals surface area contributed by atoms with Crippen molar-refractivity contribution in [2.75, 3.05) is 5.75 Å². The molecule has 0 radical (unpaired) electrons. The fraction of sp³-hybridized carbons (Fsp3) is 0.868. The van der Waals surface area contributed by atoms with E-state index in [0.717, 1.165) is 57.8 Å². The molecule has 3 N–H and O–H groups in total. The Bertz CT molecular complexity index is 811. The third-order valence-corrected chi connectivity index (χ3v) is 9.40. The van der Waals surface area contributed by atoms with Crippen LogP contribution in [0.1, 0.15) is 194 Å². The number of amides is 1. The van der Waals surface area contributed by atoms with Gasteiger partial charge in [0, 0.05) is 6.42 Å². The standard InChI is InChI=1S/C38H73NO5S/c1-3-5-7-9-11-13-15-17-19-20-21-23-25-27-29-31-33-37(40)36(35-45(42,43)44)39-38(41)34-32-30-28-26-24-22-18-16-14-12-10-8-6-4-2/h16,18,31,33,36-37,40H,3-15,17,19-30,32,34-35H2,1-2H3,(H,39,41)(H,42,43,44)/b18-16-,33-31+. The second kappa shape index (κ2) is 32.7. The van der Waals surface area contributed by atoms with Gasteiger partial charge >= 0.3 is 0 Å². The average molecular weight is 656 g/mol. The van der Waals surface area contributed by atoms with E-state index in [1.54, 1.807) is 6.08 Å². The van der Waals surface area contributed by atoms with Crippen LogP contribution in [0.2, 0.25) is 0 Å². The second-order valence-electron chi connectivity index (χ2n) is 13.2. The van der Waals surface area contributed by atoms with Crippen LogP contribution < -0.4 is 5.32 Å². The van der Waals surface area contributed by atoms with Gasteiger partial charge in [0.1, 0.15) is 0 Å². The summed E-state index contributed by atoms with van der Waals surface area (Å²) in [5, 5.41) is 13.2. The minimum absolute atomic E-state index is 0.287. The van der Waals surface area contributed by atoms with Crippen molar-refractivity contribution in [2.24, 2.45) is 0 Å². The van der Waals surface area contributed by atoms with Crippen molar-refractivity contribution in [3.63, 3.8) is 0 Å². The van der Waals surface area contributed by atoms with Crippen molar-refractivity contribution < 1.29 is 22.9 Å². The fourth-order valence-electron chi connectivity index (χ4n) is 5.74. The van der Waals surface area contributed by atoms with E-state index in [0.29, 0.717) is 0 Å². The summed E-state index contributed by atoms with van der Waals surface area (Å²) in [7, 11) is -4.34. The first-order chi connectivity index (χ1) is 21.8. The van der Waals surface area contributed by atoms with Crippen molar-refractivity contribution in [2.45, 2.75) is 206 Å². The maximum absolute atomic E-state index is 12.5. The number of hydrogen-bond donors (Lipinski definition) is 3. The first-order valence-electron chi connectivity index (χ1n) is 19.0. The fourth-order valence-corrected chi connectivity index (χ4v) is 6.47. The number of rotatable bonds is 34. The molecular formula is C38H73NO5S. The topological polar surface area (TPSA) is 104 Å². The maximum atomic E-state index is 12.5. The lowest BCUT2D eigenvalue weighted by atomic mass is 10.0. The molecule has 266 valence electrons. The van der Waals surface area contributed by atoms with Crippen LogP contribution in [-0.4, -0.2) is 41.9 Å². The normalized spacial score (nSPS) is 13.6. The molecule has 0 heterocycles. The van der Waals surface area contributed by atoms with E-state index in [1.165, 1.54) is 116 Å². The summed E-state index contributed by atoms with van der Waals surface area (Å²) in [6.45, 7) is 4.50. The molecule has 0 aromatic rings. The Kier molecular flexibility index (Phi) is 31.9. The van der Waals surface area contributed by atoms with Gasteiger partial charge in [-0.2, -0.15) is 8.42 Å². The van der Waals surface area contributed by atoms with E-state index in [1.807, 2.05) is 6.08 Å². The average Bonchev–Trinajstić information content (AvgIpc) is 3.00. The van der Waals surface area contributed by atoms with Crippen molar-refractivity contribution in [3.05, 3.63) is 24.3 Å². The summed E-state index contributed by atoms with van der Waals surface area (Å²) in [6.07, 6.45) is 40.1. The number of aliphatic hydroxyl groups is 1. The first kappa shape index (κ1) is 43.8. The zero-order chi connectivity index (χ0) is 33.3. The van der Waals surface area contributed by atoms with Gasteiger partial charge < -0.3 is 10.4 Å². The molecule has 2 unspecified atom stereocenters. The molecule has 0 saturated carbocycles. The summed E-state index contributed by atoms with van der Waals surface area (Å²) >= 11 is 0. The van der Waals surface area contributed by atoms with Gasteiger partial charge in [0.05, 0.1) is 17.9 Å². The third-order valence-electron chi connectivity index (χ3n) is 8.62. The Hall–Kier alpha value is -1.18. The Morgan fingerprint density at radius 1 is 0.578 bits per heavy atom. The van der Waals surface area contributed by atoms with E-state index < -0.39 is 28.0 Å². The molecule has 0 aliphatic carbocycles. The van der Waals surface area contributed by atoms with Crippen LogP contribution in [-0.2, 0) is 14.9 Å². The van der Waals surface area contributed by atoms with Crippen LogP contribution in [0.3, 0.4) is 0 Å². The summed E-state index contributed by atoms with van der Waals surface area (Å²) in [5.74, 6) is -0.986. The van der Waals surface area contributed by atoms with Crippen molar-refractivity contribution in [1.29, 1.82) is 0 Å². The van der Waals surface area contributed by atoms with Crippen molar-refractivity contribution in [3.8, 4) is 0 Å². The van der Waals surface area contributed by atoms with Crippen LogP contribution >= 0.6 is 0 Å². The zero-order valence-electron chi connectivity index (χ0n) is 29.5. The Labute approximate surface area is 279 Å². The Morgan fingerprint density at radius 2 is 0.933 bits per heavy atom. The third kappa shape index (κ3) is 34.0. The molecule has 0 bridgehead atoms. The highest BCUT2D eigenvalue weighted by Crippen LogP contribution is 2.14. The van der Waals surface area contributed by atoms with Gasteiger partial charge in [0.25, 0.3) is 10.1 Å². The molecule has 0 rings (SSSR count). The minimum atomic E-state index is -4.34. The first-order valence-corrected chi connectivity index (χ1v) is 20.6. The van der Waals surface area contributed by atoms with Gasteiger partial charge in [-0.1, -0.05) is 167 Å². The molecule has 0 aromatic carbocycles. The summed E-state index contributed by atoms with van der Waals surface area (Å²) in [4.78, 5) is 12.5. The zero-order valence-corrected chi connectivity index (χ0v) is 30.3. The largest absolute Gasteiger partial charge is 0.387 e. The van der Waals surface area contributed by atoms with E-state index >= 15 is 0 Å². The summed E-state index contributed by atoms with van der Waals surface area (Å²) < 4.78 is 32.4. The van der Waals surface area contributed by atoms with Gasteiger partial charge in [-0.15, -0.1) is 0 Å². The van der Waals surface area contributed by atoms with Crippen LogP contribution in [0.5, 0.6) is 0 Å². The molecule has 0 fully saturated rings. The summed E-state index contributed by atoms with van der Waals surface area (Å²) in [6, 6.07) is -1.06. The quantitative estimate of drug-likeness (QED) is 0.0363. The molecule has 7 heteroatoms. The van der Waals surface area contributed by atoms with Gasteiger partial charge in [-0.3, -0.25) is 9.35 Å². The Morgan fingerprint density at radius 3 is 1.33 bits per heavy atom. The predicted molar refractivity (Wildman–Crippen MR) is 193 cm³/mol. The SMILES string of the molecule is CCCCCCC/C=C\CCCCCCCC(=O)NC(CS(=O)(=O)O)C(O)/C=C/CCCCCCCCCCCCCCCC. The van der Waals surface area contributed by atoms with E-state index in [9.17, 15) is 22.9 Å². The number of carbonyl (C=O) groups excluding carboxylic acids is 1. The predicted octanol–water partition coefficient (Wildman–Crippen LogP) is 10.8. The monoisotopic (exact) mass is 656 g/mol. The van der Waals surface area contributed by atoms with Crippen LogP contribution in [0.15, 0.2) is 24.3 Å². The molecule has 6 nitrogen and oxygen atoms in total. The number of unbranched alkanes of at least 4 members (excludes halogenated alkanes) is 24. The smallest absolute Gasteiger partial charge is 0.267 e. The second-order valence-corrected chi connectivity index (χ2v) is 14.7. The number of carbonyl (C=O) groups is 1. The lowest BCUT2D eigenvalue weighted by molar-refractivity contribution is -0.122. The number of aliphatic hydroxyl groups excluding tert-OH is 1. The van der Waals surface area contributed by atoms with E-state index in [4.69, 9.17) is 0 Å². The van der Waals surface area contributed by atoms with Gasteiger partial charge in [-0.05, 0) is 44.9 Å². The van der Waals surface area contributed by atoms with Crippen LogP contribution in [0, 0.1) is 0 Å². The minimum Gasteiger partial charge on any atom is -0.387 e. The van der Waals surface area contributed by atoms with Crippen LogP contribution in [0.4, 0.5) is 0 Å². The van der Waals surface area contributed by atoms with Gasteiger partial charge in [0.2, 0.25) is 5.91 Å². The number of hydrogen-bond acceptors (Lipinski definition) is 4. The van der Waals surface area contributed by atoms with Gasteiger partial charge in [0.15, 0.2) is 0 Å². The molecule has 45 heavy (non-hydrogen) atoms. The molecule has 0 aliphatic heterocycles. The summed E-state index contributed by atoms with van der Waals surface area (Å²) in [5.41, 5.74) is 0. The number of allylic oxidation sites excluding steroid dienone is 3. The molecule has 0 spiro atoms. The van der Waals surface area contributed by atoms with Crippen molar-refractivity contribution >= 4 is 16.0 Å². The highest BCUT2D eigenvalue weighted by Gasteiger charge is 2.24.